The molecule has 2 nitrogen and oxygen atoms in total. The van der Waals surface area contributed by atoms with Crippen LogP contribution in [-0.4, -0.2) is 25.9 Å². The molecule has 2 saturated heterocycles. The van der Waals surface area contributed by atoms with E-state index < -0.39 is 0 Å². The molecule has 76 valence electrons. The zero-order valence-corrected chi connectivity index (χ0v) is 8.55. The van der Waals surface area contributed by atoms with Crippen molar-refractivity contribution in [3.63, 3.8) is 0 Å². The summed E-state index contributed by atoms with van der Waals surface area (Å²) in [5, 5.41) is 0. The van der Waals surface area contributed by atoms with Gasteiger partial charge >= 0.3 is 0 Å². The minimum Gasteiger partial charge on any atom is -0.381 e. The molecule has 2 aliphatic rings. The Hall–Kier alpha value is -0.0800. The van der Waals surface area contributed by atoms with E-state index in [1.54, 1.807) is 0 Å². The van der Waals surface area contributed by atoms with E-state index in [1.807, 2.05) is 0 Å². The maximum absolute atomic E-state index is 5.86. The van der Waals surface area contributed by atoms with Gasteiger partial charge in [-0.05, 0) is 37.5 Å². The molecule has 0 aromatic rings. The molecule has 2 heteroatoms. The molecular weight excluding hydrogens is 164 g/mol. The Morgan fingerprint density at radius 2 is 2.00 bits per heavy atom. The minimum absolute atomic E-state index is 0.490. The van der Waals surface area contributed by atoms with Gasteiger partial charge in [-0.25, -0.2) is 0 Å². The van der Waals surface area contributed by atoms with Crippen molar-refractivity contribution < 1.29 is 9.47 Å². The van der Waals surface area contributed by atoms with Crippen LogP contribution in [0, 0.1) is 5.41 Å². The van der Waals surface area contributed by atoms with Gasteiger partial charge in [0, 0.05) is 13.2 Å². The van der Waals surface area contributed by atoms with E-state index in [2.05, 4.69) is 6.92 Å². The van der Waals surface area contributed by atoms with Crippen molar-refractivity contribution in [1.29, 1.82) is 0 Å². The smallest absolute Gasteiger partial charge is 0.0573 e. The molecule has 0 aliphatic carbocycles. The summed E-state index contributed by atoms with van der Waals surface area (Å²) in [6.45, 7) is 5.09. The lowest BCUT2D eigenvalue weighted by Crippen LogP contribution is -2.40. The molecule has 0 radical (unpaired) electrons. The van der Waals surface area contributed by atoms with E-state index in [1.165, 1.54) is 32.1 Å². The SMILES string of the molecule is CC[C@@H]1CCC2(CCOCC2)CO1. The Bertz CT molecular complexity index is 151. The van der Waals surface area contributed by atoms with Gasteiger partial charge in [0.2, 0.25) is 0 Å². The normalized spacial score (nSPS) is 33.5. The molecule has 2 rings (SSSR count). The summed E-state index contributed by atoms with van der Waals surface area (Å²) in [4.78, 5) is 0. The summed E-state index contributed by atoms with van der Waals surface area (Å²) in [6, 6.07) is 0. The summed E-state index contributed by atoms with van der Waals surface area (Å²) in [6.07, 6.45) is 6.75. The van der Waals surface area contributed by atoms with Crippen molar-refractivity contribution in [3.05, 3.63) is 0 Å². The second-order valence-corrected chi connectivity index (χ2v) is 4.49. The van der Waals surface area contributed by atoms with Gasteiger partial charge in [-0.2, -0.15) is 0 Å². The van der Waals surface area contributed by atoms with Crippen LogP contribution < -0.4 is 0 Å². The Labute approximate surface area is 80.6 Å². The van der Waals surface area contributed by atoms with E-state index in [4.69, 9.17) is 9.47 Å². The van der Waals surface area contributed by atoms with Gasteiger partial charge in [0.05, 0.1) is 12.7 Å². The standard InChI is InChI=1S/C11H20O2/c1-2-10-3-4-11(9-13-10)5-7-12-8-6-11/h10H,2-9H2,1H3/t10-/m1/s1. The Balaban J connectivity index is 1.87. The molecule has 1 spiro atoms. The van der Waals surface area contributed by atoms with Crippen LogP contribution in [0.3, 0.4) is 0 Å². The fourth-order valence-electron chi connectivity index (χ4n) is 2.44. The zero-order chi connectivity index (χ0) is 9.15. The lowest BCUT2D eigenvalue weighted by Gasteiger charge is -2.42. The maximum Gasteiger partial charge on any atom is 0.0573 e. The van der Waals surface area contributed by atoms with Gasteiger partial charge < -0.3 is 9.47 Å². The van der Waals surface area contributed by atoms with Crippen molar-refractivity contribution in [3.8, 4) is 0 Å². The van der Waals surface area contributed by atoms with Gasteiger partial charge in [-0.15, -0.1) is 0 Å². The summed E-state index contributed by atoms with van der Waals surface area (Å²) in [5.41, 5.74) is 0.490. The van der Waals surface area contributed by atoms with Crippen molar-refractivity contribution >= 4 is 0 Å². The third kappa shape index (κ3) is 2.05. The third-order valence-corrected chi connectivity index (χ3v) is 3.63. The van der Waals surface area contributed by atoms with E-state index >= 15 is 0 Å². The topological polar surface area (TPSA) is 18.5 Å². The highest BCUT2D eigenvalue weighted by Crippen LogP contribution is 2.40. The van der Waals surface area contributed by atoms with Crippen LogP contribution in [0.2, 0.25) is 0 Å². The highest BCUT2D eigenvalue weighted by atomic mass is 16.5. The molecule has 0 aromatic carbocycles. The van der Waals surface area contributed by atoms with Crippen LogP contribution in [0.15, 0.2) is 0 Å². The Morgan fingerprint density at radius 3 is 2.54 bits per heavy atom. The monoisotopic (exact) mass is 184 g/mol. The largest absolute Gasteiger partial charge is 0.381 e. The first-order valence-electron chi connectivity index (χ1n) is 5.54. The summed E-state index contributed by atoms with van der Waals surface area (Å²) < 4.78 is 11.3. The highest BCUT2D eigenvalue weighted by Gasteiger charge is 2.36. The number of hydrogen-bond donors (Lipinski definition) is 0. The highest BCUT2D eigenvalue weighted by molar-refractivity contribution is 4.86. The van der Waals surface area contributed by atoms with Gasteiger partial charge in [0.15, 0.2) is 0 Å². The molecule has 13 heavy (non-hydrogen) atoms. The summed E-state index contributed by atoms with van der Waals surface area (Å²) >= 11 is 0. The van der Waals surface area contributed by atoms with Crippen molar-refractivity contribution in [2.45, 2.75) is 45.1 Å². The average molecular weight is 184 g/mol. The minimum atomic E-state index is 0.490. The number of rotatable bonds is 1. The maximum atomic E-state index is 5.86. The van der Waals surface area contributed by atoms with E-state index in [0.29, 0.717) is 11.5 Å². The summed E-state index contributed by atoms with van der Waals surface area (Å²) in [5.74, 6) is 0. The predicted octanol–water partition coefficient (Wildman–Crippen LogP) is 2.37. The Morgan fingerprint density at radius 1 is 1.23 bits per heavy atom. The molecule has 0 aromatic heterocycles. The van der Waals surface area contributed by atoms with Crippen LogP contribution >= 0.6 is 0 Å². The molecule has 2 heterocycles. The first-order chi connectivity index (χ1) is 6.35. The second-order valence-electron chi connectivity index (χ2n) is 4.49. The molecule has 0 N–H and O–H groups in total. The molecule has 0 unspecified atom stereocenters. The van der Waals surface area contributed by atoms with Crippen molar-refractivity contribution in [1.82, 2.24) is 0 Å². The zero-order valence-electron chi connectivity index (χ0n) is 8.55. The Kier molecular flexibility index (Phi) is 2.89. The average Bonchev–Trinajstić information content (AvgIpc) is 2.20. The molecule has 0 bridgehead atoms. The van der Waals surface area contributed by atoms with Gasteiger partial charge in [-0.1, -0.05) is 6.92 Å². The van der Waals surface area contributed by atoms with Gasteiger partial charge in [0.25, 0.3) is 0 Å². The van der Waals surface area contributed by atoms with Crippen LogP contribution in [0.1, 0.15) is 39.0 Å². The third-order valence-electron chi connectivity index (χ3n) is 3.63. The predicted molar refractivity (Wildman–Crippen MR) is 51.8 cm³/mol. The van der Waals surface area contributed by atoms with Crippen LogP contribution in [-0.2, 0) is 9.47 Å². The second kappa shape index (κ2) is 3.97. The van der Waals surface area contributed by atoms with E-state index in [9.17, 15) is 0 Å². The van der Waals surface area contributed by atoms with Gasteiger partial charge in [0.1, 0.15) is 0 Å². The fourth-order valence-corrected chi connectivity index (χ4v) is 2.44. The van der Waals surface area contributed by atoms with Crippen molar-refractivity contribution in [2.24, 2.45) is 5.41 Å². The molecule has 0 saturated carbocycles. The summed E-state index contributed by atoms with van der Waals surface area (Å²) in [7, 11) is 0. The molecule has 2 aliphatic heterocycles. The van der Waals surface area contributed by atoms with Crippen LogP contribution in [0.4, 0.5) is 0 Å². The van der Waals surface area contributed by atoms with E-state index in [0.717, 1.165) is 19.8 Å². The fraction of sp³-hybridized carbons (Fsp3) is 1.00. The van der Waals surface area contributed by atoms with Gasteiger partial charge in [-0.3, -0.25) is 0 Å². The number of ether oxygens (including phenoxy) is 2. The van der Waals surface area contributed by atoms with Crippen LogP contribution in [0.5, 0.6) is 0 Å². The van der Waals surface area contributed by atoms with Crippen LogP contribution in [0.25, 0.3) is 0 Å². The first kappa shape index (κ1) is 9.47. The quantitative estimate of drug-likeness (QED) is 0.623. The first-order valence-corrected chi connectivity index (χ1v) is 5.54. The van der Waals surface area contributed by atoms with Crippen molar-refractivity contribution in [2.75, 3.05) is 19.8 Å². The van der Waals surface area contributed by atoms with E-state index in [-0.39, 0.29) is 0 Å². The molecule has 0 amide bonds. The molecule has 2 fully saturated rings. The lowest BCUT2D eigenvalue weighted by molar-refractivity contribution is -0.105. The lowest BCUT2D eigenvalue weighted by atomic mass is 9.75. The molecular formula is C11H20O2. The molecule has 1 atom stereocenters. The number of hydrogen-bond acceptors (Lipinski definition) is 2.